The lowest BCUT2D eigenvalue weighted by Crippen LogP contribution is -2.44. The van der Waals surface area contributed by atoms with Gasteiger partial charge in [-0.3, -0.25) is 20.4 Å². The van der Waals surface area contributed by atoms with Crippen molar-refractivity contribution in [2.75, 3.05) is 6.61 Å². The van der Waals surface area contributed by atoms with Crippen LogP contribution in [0.15, 0.2) is 60.8 Å². The van der Waals surface area contributed by atoms with Crippen LogP contribution in [-0.4, -0.2) is 33.3 Å². The van der Waals surface area contributed by atoms with Gasteiger partial charge in [0, 0.05) is 5.02 Å². The summed E-state index contributed by atoms with van der Waals surface area (Å²) in [6, 6.07) is 15.5. The first kappa shape index (κ1) is 18.3. The Morgan fingerprint density at radius 2 is 1.78 bits per heavy atom. The van der Waals surface area contributed by atoms with Gasteiger partial charge in [-0.15, -0.1) is 0 Å². The van der Waals surface area contributed by atoms with Crippen molar-refractivity contribution in [2.24, 2.45) is 0 Å². The molecule has 9 heteroatoms. The van der Waals surface area contributed by atoms with E-state index in [1.54, 1.807) is 48.5 Å². The minimum absolute atomic E-state index is 0.224. The predicted molar refractivity (Wildman–Crippen MR) is 97.8 cm³/mol. The third kappa shape index (κ3) is 4.77. The van der Waals surface area contributed by atoms with Gasteiger partial charge < -0.3 is 9.84 Å². The molecular weight excluding hydrogens is 372 g/mol. The maximum absolute atomic E-state index is 12.1. The fraction of sp³-hybridized carbons (Fsp3) is 0.0556. The number of amides is 2. The number of rotatable bonds is 5. The Morgan fingerprint density at radius 1 is 1.07 bits per heavy atom. The van der Waals surface area contributed by atoms with Crippen LogP contribution in [0, 0.1) is 0 Å². The summed E-state index contributed by atoms with van der Waals surface area (Å²) in [7, 11) is 0. The van der Waals surface area contributed by atoms with Crippen LogP contribution in [0.25, 0.3) is 5.69 Å². The van der Waals surface area contributed by atoms with Gasteiger partial charge in [0.15, 0.2) is 18.1 Å². The van der Waals surface area contributed by atoms with E-state index in [4.69, 9.17) is 16.3 Å². The second-order valence-electron chi connectivity index (χ2n) is 5.39. The molecule has 0 aliphatic carbocycles. The fourth-order valence-corrected chi connectivity index (χ4v) is 2.27. The number of halogens is 1. The molecule has 0 saturated carbocycles. The van der Waals surface area contributed by atoms with E-state index in [0.29, 0.717) is 16.5 Å². The number of hydrogen-bond donors (Lipinski definition) is 3. The number of hydrogen-bond acceptors (Lipinski definition) is 5. The molecule has 0 aliphatic rings. The third-order valence-electron chi connectivity index (χ3n) is 3.43. The zero-order chi connectivity index (χ0) is 19.2. The van der Waals surface area contributed by atoms with Gasteiger partial charge >= 0.3 is 0 Å². The highest BCUT2D eigenvalue weighted by Crippen LogP contribution is 2.18. The van der Waals surface area contributed by atoms with E-state index < -0.39 is 11.8 Å². The van der Waals surface area contributed by atoms with Crippen molar-refractivity contribution >= 4 is 23.4 Å². The molecule has 3 aromatic rings. The number of carbonyl (C=O) groups excluding carboxylic acids is 2. The molecule has 3 N–H and O–H groups in total. The van der Waals surface area contributed by atoms with Gasteiger partial charge in [-0.25, -0.2) is 4.68 Å². The molecule has 138 valence electrons. The second kappa shape index (κ2) is 8.24. The van der Waals surface area contributed by atoms with Crippen LogP contribution in [-0.2, 0) is 4.79 Å². The number of nitrogens with one attached hydrogen (secondary N) is 2. The molecule has 0 atom stereocenters. The minimum atomic E-state index is -0.762. The van der Waals surface area contributed by atoms with Crippen molar-refractivity contribution in [1.29, 1.82) is 0 Å². The molecule has 8 nitrogen and oxygen atoms in total. The van der Waals surface area contributed by atoms with Crippen molar-refractivity contribution in [2.45, 2.75) is 0 Å². The summed E-state index contributed by atoms with van der Waals surface area (Å²) < 4.78 is 6.61. The van der Waals surface area contributed by atoms with E-state index >= 15 is 0 Å². The number of aromatic nitrogens is 2. The maximum Gasteiger partial charge on any atom is 0.294 e. The molecule has 2 aromatic carbocycles. The van der Waals surface area contributed by atoms with E-state index in [1.807, 2.05) is 6.07 Å². The normalized spacial score (nSPS) is 10.3. The molecule has 2 amide bonds. The number of para-hydroxylation sites is 1. The van der Waals surface area contributed by atoms with E-state index in [1.165, 1.54) is 10.9 Å². The van der Waals surface area contributed by atoms with Crippen LogP contribution in [0.4, 0.5) is 0 Å². The maximum atomic E-state index is 12.1. The predicted octanol–water partition coefficient (Wildman–Crippen LogP) is 2.07. The molecule has 0 saturated heterocycles. The van der Waals surface area contributed by atoms with E-state index in [2.05, 4.69) is 16.0 Å². The number of aromatic hydroxyl groups is 1. The van der Waals surface area contributed by atoms with Gasteiger partial charge in [-0.1, -0.05) is 29.8 Å². The van der Waals surface area contributed by atoms with E-state index in [9.17, 15) is 14.7 Å². The average Bonchev–Trinajstić information content (AvgIpc) is 3.08. The Kier molecular flexibility index (Phi) is 5.58. The van der Waals surface area contributed by atoms with Gasteiger partial charge in [0.1, 0.15) is 5.75 Å². The van der Waals surface area contributed by atoms with Crippen LogP contribution in [0.2, 0.25) is 5.02 Å². The van der Waals surface area contributed by atoms with Gasteiger partial charge in [-0.05, 0) is 36.4 Å². The minimum Gasteiger partial charge on any atom is -0.504 e. The number of nitrogens with zero attached hydrogens (tertiary/aromatic N) is 2. The summed E-state index contributed by atoms with van der Waals surface area (Å²) in [6.07, 6.45) is 1.30. The summed E-state index contributed by atoms with van der Waals surface area (Å²) in [5.41, 5.74) is 4.81. The molecule has 0 radical (unpaired) electrons. The molecule has 0 spiro atoms. The molecule has 1 aromatic heterocycles. The fourth-order valence-electron chi connectivity index (χ4n) is 2.14. The smallest absolute Gasteiger partial charge is 0.294 e. The van der Waals surface area contributed by atoms with Crippen LogP contribution in [0.1, 0.15) is 10.5 Å². The Bertz CT molecular complexity index is 942. The molecule has 0 fully saturated rings. The van der Waals surface area contributed by atoms with E-state index in [0.717, 1.165) is 0 Å². The van der Waals surface area contributed by atoms with Crippen molar-refractivity contribution in [3.8, 4) is 17.2 Å². The lowest BCUT2D eigenvalue weighted by Gasteiger charge is -2.08. The lowest BCUT2D eigenvalue weighted by atomic mass is 10.3. The Morgan fingerprint density at radius 3 is 2.48 bits per heavy atom. The van der Waals surface area contributed by atoms with Crippen molar-refractivity contribution in [1.82, 2.24) is 20.6 Å². The highest BCUT2D eigenvalue weighted by atomic mass is 35.5. The SMILES string of the molecule is O=C(COc1ccc(Cl)cc1)NNC(=O)c1nn(-c2ccccc2)cc1O. The molecule has 3 rings (SSSR count). The third-order valence-corrected chi connectivity index (χ3v) is 3.68. The van der Waals surface area contributed by atoms with Gasteiger partial charge in [-0.2, -0.15) is 5.10 Å². The quantitative estimate of drug-likeness (QED) is 0.582. The lowest BCUT2D eigenvalue weighted by molar-refractivity contribution is -0.123. The van der Waals surface area contributed by atoms with Crippen molar-refractivity contribution in [3.05, 3.63) is 71.5 Å². The van der Waals surface area contributed by atoms with Crippen LogP contribution >= 0.6 is 11.6 Å². The topological polar surface area (TPSA) is 105 Å². The van der Waals surface area contributed by atoms with Gasteiger partial charge in [0.05, 0.1) is 11.9 Å². The number of carbonyl (C=O) groups is 2. The highest BCUT2D eigenvalue weighted by Gasteiger charge is 2.17. The molecule has 27 heavy (non-hydrogen) atoms. The van der Waals surface area contributed by atoms with Gasteiger partial charge in [0.2, 0.25) is 0 Å². The number of benzene rings is 2. The molecule has 0 bridgehead atoms. The number of hydrazine groups is 1. The van der Waals surface area contributed by atoms with Crippen molar-refractivity contribution in [3.63, 3.8) is 0 Å². The van der Waals surface area contributed by atoms with Crippen LogP contribution in [0.3, 0.4) is 0 Å². The monoisotopic (exact) mass is 386 g/mol. The molecular formula is C18H15ClN4O4. The van der Waals surface area contributed by atoms with Crippen molar-refractivity contribution < 1.29 is 19.4 Å². The Labute approximate surface area is 159 Å². The van der Waals surface area contributed by atoms with Crippen LogP contribution in [0.5, 0.6) is 11.5 Å². The number of ether oxygens (including phenoxy) is 1. The summed E-state index contributed by atoms with van der Waals surface area (Å²) in [5, 5.41) is 14.5. The zero-order valence-electron chi connectivity index (χ0n) is 13.9. The summed E-state index contributed by atoms with van der Waals surface area (Å²) in [4.78, 5) is 23.9. The second-order valence-corrected chi connectivity index (χ2v) is 5.82. The zero-order valence-corrected chi connectivity index (χ0v) is 14.7. The first-order valence-electron chi connectivity index (χ1n) is 7.84. The summed E-state index contributed by atoms with van der Waals surface area (Å²) >= 11 is 5.76. The highest BCUT2D eigenvalue weighted by molar-refractivity contribution is 6.30. The first-order valence-corrected chi connectivity index (χ1v) is 8.22. The summed E-state index contributed by atoms with van der Waals surface area (Å²) in [6.45, 7) is -0.313. The Hall–Kier alpha value is -3.52. The van der Waals surface area contributed by atoms with Gasteiger partial charge in [0.25, 0.3) is 11.8 Å². The first-order chi connectivity index (χ1) is 13.0. The molecule has 0 unspecified atom stereocenters. The molecule has 1 heterocycles. The summed E-state index contributed by atoms with van der Waals surface area (Å²) in [5.74, 6) is -1.20. The Balaban J connectivity index is 1.54. The largest absolute Gasteiger partial charge is 0.504 e. The molecule has 0 aliphatic heterocycles. The van der Waals surface area contributed by atoms with Crippen LogP contribution < -0.4 is 15.6 Å². The van der Waals surface area contributed by atoms with E-state index in [-0.39, 0.29) is 18.1 Å². The standard InChI is InChI=1S/C18H15ClN4O4/c19-12-6-8-14(9-7-12)27-11-16(25)20-21-18(26)17-15(24)10-23(22-17)13-4-2-1-3-5-13/h1-10,24H,11H2,(H,20,25)(H,21,26). The average molecular weight is 387 g/mol.